The summed E-state index contributed by atoms with van der Waals surface area (Å²) < 4.78 is 5.17. The first kappa shape index (κ1) is 15.9. The first-order chi connectivity index (χ1) is 9.43. The summed E-state index contributed by atoms with van der Waals surface area (Å²) in [7, 11) is 0. The van der Waals surface area contributed by atoms with Crippen LogP contribution < -0.4 is 4.74 Å². The van der Waals surface area contributed by atoms with Crippen LogP contribution in [0, 0.1) is 6.92 Å². The van der Waals surface area contributed by atoms with Gasteiger partial charge in [-0.3, -0.25) is 4.79 Å². The van der Waals surface area contributed by atoms with E-state index in [1.165, 1.54) is 13.8 Å². The number of ether oxygens (including phenoxy) is 1. The first-order valence-electron chi connectivity index (χ1n) is 6.48. The molecule has 0 atom stereocenters. The van der Waals surface area contributed by atoms with Gasteiger partial charge in [-0.2, -0.15) is 0 Å². The molecule has 5 nitrogen and oxygen atoms in total. The normalized spacial score (nSPS) is 11.1. The van der Waals surface area contributed by atoms with Crippen LogP contribution in [0.25, 0.3) is 0 Å². The van der Waals surface area contributed by atoms with Gasteiger partial charge in [-0.25, -0.2) is 4.79 Å². The number of hydrogen-bond donors (Lipinski definition) is 0. The molecule has 1 rings (SSSR count). The minimum absolute atomic E-state index is 0.404. The second-order valence-corrected chi connectivity index (χ2v) is 4.46. The molecule has 0 aliphatic heterocycles. The van der Waals surface area contributed by atoms with Crippen LogP contribution in [0.1, 0.15) is 44.7 Å². The number of oxime groups is 1. The Morgan fingerprint density at radius 2 is 1.90 bits per heavy atom. The number of rotatable bonds is 5. The predicted molar refractivity (Wildman–Crippen MR) is 75.7 cm³/mol. The monoisotopic (exact) mass is 277 g/mol. The molecule has 0 aromatic heterocycles. The average molecular weight is 277 g/mol. The van der Waals surface area contributed by atoms with Crippen molar-refractivity contribution in [1.82, 2.24) is 0 Å². The number of carbonyl (C=O) groups excluding carboxylic acids is 2. The highest BCUT2D eigenvalue weighted by Crippen LogP contribution is 2.23. The zero-order valence-electron chi connectivity index (χ0n) is 12.2. The minimum Gasteiger partial charge on any atom is -0.426 e. The van der Waals surface area contributed by atoms with E-state index in [4.69, 9.17) is 9.57 Å². The molecule has 1 aromatic carbocycles. The van der Waals surface area contributed by atoms with E-state index < -0.39 is 11.9 Å². The van der Waals surface area contributed by atoms with Crippen molar-refractivity contribution in [3.8, 4) is 5.75 Å². The third kappa shape index (κ3) is 4.84. The zero-order chi connectivity index (χ0) is 15.1. The largest absolute Gasteiger partial charge is 0.426 e. The molecular formula is C15H19NO4. The summed E-state index contributed by atoms with van der Waals surface area (Å²) in [5.74, 6) is -0.471. The van der Waals surface area contributed by atoms with E-state index in [9.17, 15) is 9.59 Å². The highest BCUT2D eigenvalue weighted by Gasteiger charge is 2.13. The zero-order valence-corrected chi connectivity index (χ0v) is 12.2. The molecule has 0 amide bonds. The van der Waals surface area contributed by atoms with Crippen LogP contribution in [-0.4, -0.2) is 17.7 Å². The van der Waals surface area contributed by atoms with Gasteiger partial charge in [0.2, 0.25) is 0 Å². The van der Waals surface area contributed by atoms with Crippen molar-refractivity contribution in [3.63, 3.8) is 0 Å². The van der Waals surface area contributed by atoms with Crippen LogP contribution in [0.15, 0.2) is 23.4 Å². The Labute approximate surface area is 118 Å². The molecule has 0 saturated heterocycles. The van der Waals surface area contributed by atoms with Gasteiger partial charge >= 0.3 is 11.9 Å². The van der Waals surface area contributed by atoms with Crippen molar-refractivity contribution in [1.29, 1.82) is 0 Å². The molecule has 0 fully saturated rings. The average Bonchev–Trinajstić information content (AvgIpc) is 2.36. The van der Waals surface area contributed by atoms with Crippen LogP contribution in [0.3, 0.4) is 0 Å². The Balaban J connectivity index is 3.22. The second-order valence-electron chi connectivity index (χ2n) is 4.46. The lowest BCUT2D eigenvalue weighted by Gasteiger charge is -2.11. The van der Waals surface area contributed by atoms with Crippen molar-refractivity contribution in [2.45, 2.75) is 40.5 Å². The van der Waals surface area contributed by atoms with Crippen LogP contribution in [0.2, 0.25) is 0 Å². The fourth-order valence-corrected chi connectivity index (χ4v) is 1.70. The maximum Gasteiger partial charge on any atom is 0.331 e. The summed E-state index contributed by atoms with van der Waals surface area (Å²) in [4.78, 5) is 26.8. The van der Waals surface area contributed by atoms with Gasteiger partial charge in [0.05, 0.1) is 5.71 Å². The van der Waals surface area contributed by atoms with Gasteiger partial charge in [0.25, 0.3) is 0 Å². The van der Waals surface area contributed by atoms with Gasteiger partial charge in [-0.1, -0.05) is 30.1 Å². The summed E-state index contributed by atoms with van der Waals surface area (Å²) in [6.07, 6.45) is 1.44. The van der Waals surface area contributed by atoms with Crippen molar-refractivity contribution in [3.05, 3.63) is 29.3 Å². The summed E-state index contributed by atoms with van der Waals surface area (Å²) in [5.41, 5.74) is 2.26. The molecule has 1 aromatic rings. The lowest BCUT2D eigenvalue weighted by Crippen LogP contribution is -2.10. The molecule has 0 spiro atoms. The molecule has 0 aliphatic carbocycles. The Morgan fingerprint density at radius 1 is 1.20 bits per heavy atom. The van der Waals surface area contributed by atoms with E-state index in [-0.39, 0.29) is 0 Å². The maximum absolute atomic E-state index is 11.1. The molecule has 108 valence electrons. The molecule has 0 heterocycles. The van der Waals surface area contributed by atoms with Gasteiger partial charge in [-0.15, -0.1) is 0 Å². The van der Waals surface area contributed by atoms with Gasteiger partial charge in [-0.05, 0) is 25.5 Å². The molecule has 5 heteroatoms. The molecule has 0 bridgehead atoms. The molecular weight excluding hydrogens is 258 g/mol. The lowest BCUT2D eigenvalue weighted by atomic mass is 10.0. The van der Waals surface area contributed by atoms with Gasteiger partial charge < -0.3 is 9.57 Å². The molecule has 20 heavy (non-hydrogen) atoms. The molecule has 0 radical (unpaired) electrons. The van der Waals surface area contributed by atoms with E-state index >= 15 is 0 Å². The highest BCUT2D eigenvalue weighted by molar-refractivity contribution is 6.03. The third-order valence-corrected chi connectivity index (χ3v) is 2.47. The quantitative estimate of drug-likeness (QED) is 0.273. The molecule has 0 aliphatic rings. The topological polar surface area (TPSA) is 65.0 Å². The molecule has 0 saturated carbocycles. The summed E-state index contributed by atoms with van der Waals surface area (Å²) in [5, 5.41) is 3.87. The van der Waals surface area contributed by atoms with Gasteiger partial charge in [0, 0.05) is 19.4 Å². The first-order valence-corrected chi connectivity index (χ1v) is 6.48. The summed E-state index contributed by atoms with van der Waals surface area (Å²) in [6, 6.07) is 5.42. The fraction of sp³-hybridized carbons (Fsp3) is 0.400. The highest BCUT2D eigenvalue weighted by atomic mass is 16.7. The van der Waals surface area contributed by atoms with Gasteiger partial charge in [0.1, 0.15) is 5.75 Å². The maximum atomic E-state index is 11.1. The van der Waals surface area contributed by atoms with E-state index in [0.717, 1.165) is 12.0 Å². The second kappa shape index (κ2) is 7.43. The lowest BCUT2D eigenvalue weighted by molar-refractivity contribution is -0.141. The van der Waals surface area contributed by atoms with Crippen molar-refractivity contribution < 1.29 is 19.2 Å². The number of benzene rings is 1. The summed E-state index contributed by atoms with van der Waals surface area (Å²) in [6.45, 7) is 6.55. The van der Waals surface area contributed by atoms with E-state index in [0.29, 0.717) is 23.4 Å². The molecule has 0 unspecified atom stereocenters. The Kier molecular flexibility index (Phi) is 5.90. The van der Waals surface area contributed by atoms with Crippen LogP contribution in [0.4, 0.5) is 0 Å². The molecule has 0 N–H and O–H groups in total. The predicted octanol–water partition coefficient (Wildman–Crippen LogP) is 2.99. The van der Waals surface area contributed by atoms with Crippen molar-refractivity contribution in [2.75, 3.05) is 0 Å². The number of carbonyl (C=O) groups is 2. The van der Waals surface area contributed by atoms with Gasteiger partial charge in [0.15, 0.2) is 0 Å². The smallest absolute Gasteiger partial charge is 0.331 e. The summed E-state index contributed by atoms with van der Waals surface area (Å²) >= 11 is 0. The third-order valence-electron chi connectivity index (χ3n) is 2.47. The SMILES string of the molecule is CCC/C(=N/OC(C)=O)c1cc(C)ccc1OC(C)=O. The number of esters is 1. The van der Waals surface area contributed by atoms with E-state index in [1.807, 2.05) is 26.0 Å². The van der Waals surface area contributed by atoms with Crippen LogP contribution in [-0.2, 0) is 14.4 Å². The van der Waals surface area contributed by atoms with Crippen molar-refractivity contribution in [2.24, 2.45) is 5.16 Å². The van der Waals surface area contributed by atoms with Crippen molar-refractivity contribution >= 4 is 17.7 Å². The minimum atomic E-state index is -0.486. The fourth-order valence-electron chi connectivity index (χ4n) is 1.70. The van der Waals surface area contributed by atoms with Crippen LogP contribution >= 0.6 is 0 Å². The Hall–Kier alpha value is -2.17. The van der Waals surface area contributed by atoms with E-state index in [1.54, 1.807) is 6.07 Å². The van der Waals surface area contributed by atoms with E-state index in [2.05, 4.69) is 5.16 Å². The number of nitrogens with zero attached hydrogens (tertiary/aromatic N) is 1. The Bertz CT molecular complexity index is 535. The number of hydrogen-bond acceptors (Lipinski definition) is 5. The number of aryl methyl sites for hydroxylation is 1. The van der Waals surface area contributed by atoms with Crippen LogP contribution in [0.5, 0.6) is 5.75 Å². The Morgan fingerprint density at radius 3 is 2.45 bits per heavy atom. The standard InChI is InChI=1S/C15H19NO4/c1-5-6-14(16-20-12(4)18)13-9-10(2)7-8-15(13)19-11(3)17/h7-9H,5-6H2,1-4H3/b16-14-.